The number of carbonyl (C=O) groups excluding carboxylic acids is 3. The maximum Gasteiger partial charge on any atom is 0.251 e. The van der Waals surface area contributed by atoms with Crippen LogP contribution in [0.4, 0.5) is 11.4 Å². The van der Waals surface area contributed by atoms with Crippen LogP contribution in [0.15, 0.2) is 71.3 Å². The molecule has 0 aliphatic heterocycles. The Morgan fingerprint density at radius 2 is 1.61 bits per heavy atom. The molecule has 0 radical (unpaired) electrons. The van der Waals surface area contributed by atoms with Crippen molar-refractivity contribution in [3.8, 4) is 0 Å². The highest BCUT2D eigenvalue weighted by Crippen LogP contribution is 2.13. The maximum absolute atomic E-state index is 12.2. The van der Waals surface area contributed by atoms with Crippen LogP contribution in [0.3, 0.4) is 0 Å². The molecule has 2 aromatic carbocycles. The van der Waals surface area contributed by atoms with Crippen molar-refractivity contribution in [3.63, 3.8) is 0 Å². The fourth-order valence-corrected chi connectivity index (χ4v) is 3.04. The first-order valence-corrected chi connectivity index (χ1v) is 10.6. The van der Waals surface area contributed by atoms with Crippen molar-refractivity contribution in [3.05, 3.63) is 83.8 Å². The number of hydrogen-bond donors (Lipinski definition) is 3. The van der Waals surface area contributed by atoms with Crippen molar-refractivity contribution in [2.45, 2.75) is 19.4 Å². The van der Waals surface area contributed by atoms with Crippen molar-refractivity contribution in [2.75, 3.05) is 31.3 Å². The topological polar surface area (TPSA) is 104 Å². The van der Waals surface area contributed by atoms with Gasteiger partial charge in [0.25, 0.3) is 5.91 Å². The Bertz CT molecular complexity index is 1060. The van der Waals surface area contributed by atoms with E-state index >= 15 is 0 Å². The van der Waals surface area contributed by atoms with Gasteiger partial charge in [-0.1, -0.05) is 12.1 Å². The van der Waals surface area contributed by atoms with Gasteiger partial charge in [-0.2, -0.15) is 0 Å². The molecule has 0 atom stereocenters. The molecule has 0 aliphatic rings. The van der Waals surface area contributed by atoms with Gasteiger partial charge in [0.2, 0.25) is 11.8 Å². The van der Waals surface area contributed by atoms with E-state index in [9.17, 15) is 14.4 Å². The van der Waals surface area contributed by atoms with E-state index in [2.05, 4.69) is 16.0 Å². The summed E-state index contributed by atoms with van der Waals surface area (Å²) in [5.74, 6) is 0.374. The van der Waals surface area contributed by atoms with E-state index in [4.69, 9.17) is 4.42 Å². The summed E-state index contributed by atoms with van der Waals surface area (Å²) in [6.45, 7) is 0.407. The zero-order valence-corrected chi connectivity index (χ0v) is 18.8. The molecule has 172 valence electrons. The maximum atomic E-state index is 12.2. The first-order chi connectivity index (χ1) is 15.9. The van der Waals surface area contributed by atoms with Crippen molar-refractivity contribution < 1.29 is 18.8 Å². The number of furan rings is 1. The Labute approximate surface area is 193 Å². The Morgan fingerprint density at radius 3 is 2.24 bits per heavy atom. The van der Waals surface area contributed by atoms with Crippen LogP contribution in [0.2, 0.25) is 0 Å². The highest BCUT2D eigenvalue weighted by Gasteiger charge is 2.08. The number of nitrogens with one attached hydrogen (secondary N) is 3. The number of rotatable bonds is 10. The van der Waals surface area contributed by atoms with Gasteiger partial charge in [-0.25, -0.2) is 0 Å². The zero-order chi connectivity index (χ0) is 23.6. The summed E-state index contributed by atoms with van der Waals surface area (Å²) in [5.41, 5.74) is 2.97. The van der Waals surface area contributed by atoms with Gasteiger partial charge in [0.15, 0.2) is 0 Å². The Hall–Kier alpha value is -4.07. The molecule has 33 heavy (non-hydrogen) atoms. The lowest BCUT2D eigenvalue weighted by Crippen LogP contribution is -2.23. The SMILES string of the molecule is CN(C)C(=O)CCc1ccc(NC(=O)CNc2ccc(C(=O)NCc3ccco3)cc2)cc1. The van der Waals surface area contributed by atoms with E-state index in [1.807, 2.05) is 24.3 Å². The highest BCUT2D eigenvalue weighted by atomic mass is 16.3. The molecule has 0 saturated heterocycles. The number of nitrogens with zero attached hydrogens (tertiary/aromatic N) is 1. The fraction of sp³-hybridized carbons (Fsp3) is 0.240. The molecular formula is C25H28N4O4. The number of aryl methyl sites for hydroxylation is 1. The third kappa shape index (κ3) is 7.53. The van der Waals surface area contributed by atoms with E-state index < -0.39 is 0 Å². The molecule has 0 bridgehead atoms. The zero-order valence-electron chi connectivity index (χ0n) is 18.8. The van der Waals surface area contributed by atoms with Crippen LogP contribution in [-0.4, -0.2) is 43.3 Å². The molecule has 1 aromatic heterocycles. The molecule has 0 spiro atoms. The molecule has 1 heterocycles. The predicted octanol–water partition coefficient (Wildman–Crippen LogP) is 3.28. The lowest BCUT2D eigenvalue weighted by atomic mass is 10.1. The van der Waals surface area contributed by atoms with Gasteiger partial charge in [0, 0.05) is 37.5 Å². The van der Waals surface area contributed by atoms with Crippen LogP contribution >= 0.6 is 0 Å². The first kappa shape index (κ1) is 23.6. The van der Waals surface area contributed by atoms with E-state index in [0.29, 0.717) is 36.4 Å². The molecular weight excluding hydrogens is 420 g/mol. The van der Waals surface area contributed by atoms with E-state index in [1.54, 1.807) is 61.7 Å². The van der Waals surface area contributed by atoms with Crippen molar-refractivity contribution in [2.24, 2.45) is 0 Å². The van der Waals surface area contributed by atoms with Crippen molar-refractivity contribution >= 4 is 29.1 Å². The van der Waals surface area contributed by atoms with E-state index in [1.165, 1.54) is 0 Å². The largest absolute Gasteiger partial charge is 0.467 e. The van der Waals surface area contributed by atoms with Crippen LogP contribution in [-0.2, 0) is 22.6 Å². The minimum absolute atomic E-state index is 0.0843. The summed E-state index contributed by atoms with van der Waals surface area (Å²) in [6, 6.07) is 17.9. The van der Waals surface area contributed by atoms with Gasteiger partial charge < -0.3 is 25.3 Å². The third-order valence-electron chi connectivity index (χ3n) is 4.97. The number of amides is 3. The molecule has 3 rings (SSSR count). The molecule has 0 fully saturated rings. The van der Waals surface area contributed by atoms with Crippen LogP contribution in [0.25, 0.3) is 0 Å². The van der Waals surface area contributed by atoms with Gasteiger partial charge in [0.1, 0.15) is 5.76 Å². The van der Waals surface area contributed by atoms with Crippen LogP contribution in [0, 0.1) is 0 Å². The number of anilines is 2. The molecule has 3 amide bonds. The average Bonchev–Trinajstić information content (AvgIpc) is 3.34. The smallest absolute Gasteiger partial charge is 0.251 e. The average molecular weight is 449 g/mol. The molecule has 3 aromatic rings. The van der Waals surface area contributed by atoms with Crippen molar-refractivity contribution in [1.29, 1.82) is 0 Å². The standard InChI is InChI=1S/C25H28N4O4/c1-29(2)24(31)14-7-18-5-10-21(11-6-18)28-23(30)17-26-20-12-8-19(9-13-20)25(32)27-16-22-4-3-15-33-22/h3-6,8-13,15,26H,7,14,16-17H2,1-2H3,(H,27,32)(H,28,30). The highest BCUT2D eigenvalue weighted by molar-refractivity contribution is 5.95. The second-order valence-corrected chi connectivity index (χ2v) is 7.73. The van der Waals surface area contributed by atoms with Gasteiger partial charge in [-0.15, -0.1) is 0 Å². The lowest BCUT2D eigenvalue weighted by Gasteiger charge is -2.11. The molecule has 0 saturated carbocycles. The molecule has 0 aliphatic carbocycles. The van der Waals surface area contributed by atoms with Gasteiger partial charge in [-0.3, -0.25) is 14.4 Å². The lowest BCUT2D eigenvalue weighted by molar-refractivity contribution is -0.128. The molecule has 8 nitrogen and oxygen atoms in total. The second-order valence-electron chi connectivity index (χ2n) is 7.73. The number of carbonyl (C=O) groups is 3. The van der Waals surface area contributed by atoms with E-state index in [-0.39, 0.29) is 24.3 Å². The molecule has 8 heteroatoms. The monoisotopic (exact) mass is 448 g/mol. The van der Waals surface area contributed by atoms with Crippen LogP contribution < -0.4 is 16.0 Å². The summed E-state index contributed by atoms with van der Waals surface area (Å²) >= 11 is 0. The fourth-order valence-electron chi connectivity index (χ4n) is 3.04. The third-order valence-corrected chi connectivity index (χ3v) is 4.97. The number of benzene rings is 2. The quantitative estimate of drug-likeness (QED) is 0.442. The Morgan fingerprint density at radius 1 is 0.909 bits per heavy atom. The Balaban J connectivity index is 1.41. The van der Waals surface area contributed by atoms with Gasteiger partial charge in [0.05, 0.1) is 19.4 Å². The summed E-state index contributed by atoms with van der Waals surface area (Å²) in [4.78, 5) is 37.7. The summed E-state index contributed by atoms with van der Waals surface area (Å²) < 4.78 is 5.19. The normalized spacial score (nSPS) is 10.4. The first-order valence-electron chi connectivity index (χ1n) is 10.6. The second kappa shape index (κ2) is 11.5. The molecule has 3 N–H and O–H groups in total. The summed E-state index contributed by atoms with van der Waals surface area (Å²) in [6.07, 6.45) is 2.67. The van der Waals surface area contributed by atoms with Crippen molar-refractivity contribution in [1.82, 2.24) is 10.2 Å². The minimum Gasteiger partial charge on any atom is -0.467 e. The van der Waals surface area contributed by atoms with Crippen LogP contribution in [0.5, 0.6) is 0 Å². The van der Waals surface area contributed by atoms with Crippen LogP contribution in [0.1, 0.15) is 28.1 Å². The summed E-state index contributed by atoms with van der Waals surface area (Å²) in [5, 5.41) is 8.66. The molecule has 0 unspecified atom stereocenters. The van der Waals surface area contributed by atoms with E-state index in [0.717, 1.165) is 11.3 Å². The minimum atomic E-state index is -0.203. The number of hydrogen-bond acceptors (Lipinski definition) is 5. The van der Waals surface area contributed by atoms with Gasteiger partial charge >= 0.3 is 0 Å². The van der Waals surface area contributed by atoms with Gasteiger partial charge in [-0.05, 0) is 60.5 Å². The Kier molecular flexibility index (Phi) is 8.24. The summed E-state index contributed by atoms with van der Waals surface area (Å²) in [7, 11) is 3.48. The predicted molar refractivity (Wildman–Crippen MR) is 127 cm³/mol.